The van der Waals surface area contributed by atoms with Crippen molar-refractivity contribution < 1.29 is 4.79 Å². The maximum absolute atomic E-state index is 12.2. The van der Waals surface area contributed by atoms with Gasteiger partial charge in [0, 0.05) is 20.0 Å². The molecule has 0 aliphatic heterocycles. The summed E-state index contributed by atoms with van der Waals surface area (Å²) in [5, 5.41) is 0. The van der Waals surface area contributed by atoms with Crippen LogP contribution in [0, 0.1) is 11.3 Å². The normalized spacial score (nSPS) is 17.5. The van der Waals surface area contributed by atoms with E-state index in [2.05, 4.69) is 13.8 Å². The van der Waals surface area contributed by atoms with Crippen molar-refractivity contribution in [3.63, 3.8) is 0 Å². The second-order valence-electron chi connectivity index (χ2n) is 6.68. The summed E-state index contributed by atoms with van der Waals surface area (Å²) in [6, 6.07) is 0. The average Bonchev–Trinajstić information content (AvgIpc) is 2.57. The molecule has 1 rings (SSSR count). The number of halogens is 1. The molecule has 4 heteroatoms. The van der Waals surface area contributed by atoms with Crippen molar-refractivity contribution in [2.24, 2.45) is 17.1 Å². The van der Waals surface area contributed by atoms with Gasteiger partial charge in [0.05, 0.1) is 0 Å². The van der Waals surface area contributed by atoms with E-state index >= 15 is 0 Å². The third-order valence-corrected chi connectivity index (χ3v) is 4.08. The zero-order valence-electron chi connectivity index (χ0n) is 12.8. The van der Waals surface area contributed by atoms with Gasteiger partial charge in [-0.25, -0.2) is 0 Å². The van der Waals surface area contributed by atoms with E-state index in [4.69, 9.17) is 5.73 Å². The van der Waals surface area contributed by atoms with E-state index in [1.165, 1.54) is 38.5 Å². The van der Waals surface area contributed by atoms with Crippen molar-refractivity contribution in [3.05, 3.63) is 0 Å². The summed E-state index contributed by atoms with van der Waals surface area (Å²) in [4.78, 5) is 14.1. The van der Waals surface area contributed by atoms with Crippen LogP contribution in [0.4, 0.5) is 0 Å². The van der Waals surface area contributed by atoms with Crippen molar-refractivity contribution in [2.75, 3.05) is 20.1 Å². The maximum atomic E-state index is 12.2. The monoisotopic (exact) mass is 290 g/mol. The summed E-state index contributed by atoms with van der Waals surface area (Å²) in [6.45, 7) is 5.61. The topological polar surface area (TPSA) is 46.3 Å². The standard InChI is InChI=1S/C15H30N2O.ClH/c1-15(2,11-16)12-17(3)14(18)10-13-8-6-4-5-7-9-13;/h13H,4-12,16H2,1-3H3;1H. The van der Waals surface area contributed by atoms with Crippen LogP contribution in [0.1, 0.15) is 58.8 Å². The van der Waals surface area contributed by atoms with E-state index in [0.717, 1.165) is 13.0 Å². The minimum absolute atomic E-state index is 0. The van der Waals surface area contributed by atoms with Gasteiger partial charge in [-0.1, -0.05) is 39.5 Å². The number of rotatable bonds is 5. The highest BCUT2D eigenvalue weighted by molar-refractivity contribution is 5.85. The Morgan fingerprint density at radius 3 is 2.21 bits per heavy atom. The largest absolute Gasteiger partial charge is 0.345 e. The summed E-state index contributed by atoms with van der Waals surface area (Å²) in [6.07, 6.45) is 8.50. The van der Waals surface area contributed by atoms with Crippen LogP contribution >= 0.6 is 12.4 Å². The fourth-order valence-corrected chi connectivity index (χ4v) is 2.77. The maximum Gasteiger partial charge on any atom is 0.222 e. The lowest BCUT2D eigenvalue weighted by molar-refractivity contribution is -0.132. The van der Waals surface area contributed by atoms with Crippen molar-refractivity contribution in [2.45, 2.75) is 58.8 Å². The summed E-state index contributed by atoms with van der Waals surface area (Å²) < 4.78 is 0. The predicted octanol–water partition coefficient (Wildman–Crippen LogP) is 3.21. The quantitative estimate of drug-likeness (QED) is 0.790. The van der Waals surface area contributed by atoms with Crippen LogP contribution in [0.15, 0.2) is 0 Å². The molecule has 114 valence electrons. The van der Waals surface area contributed by atoms with Crippen LogP contribution < -0.4 is 5.73 Å². The molecule has 1 aliphatic rings. The van der Waals surface area contributed by atoms with Gasteiger partial charge in [-0.05, 0) is 30.7 Å². The van der Waals surface area contributed by atoms with E-state index in [1.54, 1.807) is 0 Å². The molecule has 0 atom stereocenters. The Labute approximate surface area is 124 Å². The summed E-state index contributed by atoms with van der Waals surface area (Å²) >= 11 is 0. The lowest BCUT2D eigenvalue weighted by Gasteiger charge is -2.30. The van der Waals surface area contributed by atoms with Crippen molar-refractivity contribution in [1.29, 1.82) is 0 Å². The van der Waals surface area contributed by atoms with E-state index < -0.39 is 0 Å². The third kappa shape index (κ3) is 7.17. The van der Waals surface area contributed by atoms with E-state index in [-0.39, 0.29) is 17.8 Å². The zero-order valence-corrected chi connectivity index (χ0v) is 13.6. The second kappa shape index (κ2) is 8.80. The Morgan fingerprint density at radius 1 is 1.21 bits per heavy atom. The van der Waals surface area contributed by atoms with Gasteiger partial charge in [-0.2, -0.15) is 0 Å². The highest BCUT2D eigenvalue weighted by atomic mass is 35.5. The first-order chi connectivity index (χ1) is 8.44. The minimum atomic E-state index is 0. The summed E-state index contributed by atoms with van der Waals surface area (Å²) in [5.41, 5.74) is 5.74. The molecule has 19 heavy (non-hydrogen) atoms. The molecule has 0 unspecified atom stereocenters. The number of hydrogen-bond acceptors (Lipinski definition) is 2. The van der Waals surface area contributed by atoms with E-state index in [9.17, 15) is 4.79 Å². The average molecular weight is 291 g/mol. The molecule has 0 bridgehead atoms. The molecule has 1 aliphatic carbocycles. The lowest BCUT2D eigenvalue weighted by Crippen LogP contribution is -2.40. The second-order valence-corrected chi connectivity index (χ2v) is 6.68. The fourth-order valence-electron chi connectivity index (χ4n) is 2.77. The number of carbonyl (C=O) groups excluding carboxylic acids is 1. The number of nitrogens with two attached hydrogens (primary N) is 1. The van der Waals surface area contributed by atoms with Gasteiger partial charge in [0.2, 0.25) is 5.91 Å². The van der Waals surface area contributed by atoms with Gasteiger partial charge >= 0.3 is 0 Å². The molecule has 0 saturated heterocycles. The molecule has 0 radical (unpaired) electrons. The molecule has 0 heterocycles. The van der Waals surface area contributed by atoms with Crippen molar-refractivity contribution >= 4 is 18.3 Å². The zero-order chi connectivity index (χ0) is 13.6. The van der Waals surface area contributed by atoms with E-state index in [0.29, 0.717) is 18.4 Å². The Hall–Kier alpha value is -0.280. The van der Waals surface area contributed by atoms with Crippen LogP contribution in [0.3, 0.4) is 0 Å². The number of amides is 1. The molecule has 0 aromatic heterocycles. The SMILES string of the molecule is CN(CC(C)(C)CN)C(=O)CC1CCCCCC1.Cl. The van der Waals surface area contributed by atoms with Crippen LogP contribution in [-0.4, -0.2) is 30.9 Å². The van der Waals surface area contributed by atoms with Crippen LogP contribution in [0.2, 0.25) is 0 Å². The van der Waals surface area contributed by atoms with Crippen molar-refractivity contribution in [3.8, 4) is 0 Å². The first-order valence-corrected chi connectivity index (χ1v) is 7.38. The third-order valence-electron chi connectivity index (χ3n) is 4.08. The molecule has 1 saturated carbocycles. The summed E-state index contributed by atoms with van der Waals surface area (Å²) in [5.74, 6) is 0.909. The molecule has 1 amide bonds. The first-order valence-electron chi connectivity index (χ1n) is 7.38. The Morgan fingerprint density at radius 2 is 1.74 bits per heavy atom. The molecule has 0 spiro atoms. The van der Waals surface area contributed by atoms with Crippen LogP contribution in [-0.2, 0) is 4.79 Å². The van der Waals surface area contributed by atoms with Gasteiger partial charge in [0.1, 0.15) is 0 Å². The lowest BCUT2D eigenvalue weighted by atomic mass is 9.92. The molecule has 0 aromatic rings. The molecule has 2 N–H and O–H groups in total. The molecule has 0 aromatic carbocycles. The van der Waals surface area contributed by atoms with Crippen LogP contribution in [0.5, 0.6) is 0 Å². The van der Waals surface area contributed by atoms with Gasteiger partial charge in [0.15, 0.2) is 0 Å². The first kappa shape index (κ1) is 18.7. The Bertz CT molecular complexity index is 261. The Balaban J connectivity index is 0.00000324. The smallest absolute Gasteiger partial charge is 0.222 e. The minimum Gasteiger partial charge on any atom is -0.345 e. The van der Waals surface area contributed by atoms with Crippen LogP contribution in [0.25, 0.3) is 0 Å². The number of hydrogen-bond donors (Lipinski definition) is 1. The molecule has 1 fully saturated rings. The van der Waals surface area contributed by atoms with Gasteiger partial charge in [0.25, 0.3) is 0 Å². The van der Waals surface area contributed by atoms with Crippen molar-refractivity contribution in [1.82, 2.24) is 4.90 Å². The fraction of sp³-hybridized carbons (Fsp3) is 0.933. The van der Waals surface area contributed by atoms with E-state index in [1.807, 2.05) is 11.9 Å². The number of carbonyl (C=O) groups is 1. The van der Waals surface area contributed by atoms with Gasteiger partial charge in [-0.15, -0.1) is 12.4 Å². The predicted molar refractivity (Wildman–Crippen MR) is 83.5 cm³/mol. The molecule has 3 nitrogen and oxygen atoms in total. The van der Waals surface area contributed by atoms with Gasteiger partial charge in [-0.3, -0.25) is 4.79 Å². The summed E-state index contributed by atoms with van der Waals surface area (Å²) in [7, 11) is 1.91. The highest BCUT2D eigenvalue weighted by Crippen LogP contribution is 2.26. The highest BCUT2D eigenvalue weighted by Gasteiger charge is 2.23. The Kier molecular flexibility index (Phi) is 8.67. The molecular formula is C15H31ClN2O. The number of nitrogens with zero attached hydrogens (tertiary/aromatic N) is 1. The molecular weight excluding hydrogens is 260 g/mol. The van der Waals surface area contributed by atoms with Gasteiger partial charge < -0.3 is 10.6 Å².